The summed E-state index contributed by atoms with van der Waals surface area (Å²) in [4.78, 5) is 0. The molecular formula is C44H62O. The van der Waals surface area contributed by atoms with E-state index >= 15 is 0 Å². The van der Waals surface area contributed by atoms with Crippen LogP contribution in [0.15, 0.2) is 52.9 Å². The maximum atomic E-state index is 7.43. The van der Waals surface area contributed by atoms with Gasteiger partial charge in [-0.25, -0.2) is 0 Å². The largest absolute Gasteiger partial charge is 0.455 e. The molecule has 3 aromatic carbocycles. The lowest BCUT2D eigenvalue weighted by Gasteiger charge is -2.33. The van der Waals surface area contributed by atoms with Crippen molar-refractivity contribution in [2.75, 3.05) is 0 Å². The van der Waals surface area contributed by atoms with Crippen LogP contribution in [-0.2, 0) is 32.5 Å². The van der Waals surface area contributed by atoms with Crippen molar-refractivity contribution in [3.05, 3.63) is 81.9 Å². The molecule has 1 aromatic heterocycles. The highest BCUT2D eigenvalue weighted by Gasteiger charge is 2.35. The first kappa shape index (κ1) is 35.1. The second-order valence-corrected chi connectivity index (χ2v) is 19.7. The molecule has 0 amide bonds. The molecule has 0 bridgehead atoms. The van der Waals surface area contributed by atoms with E-state index in [4.69, 9.17) is 4.42 Å². The van der Waals surface area contributed by atoms with E-state index in [1.54, 1.807) is 0 Å². The van der Waals surface area contributed by atoms with Gasteiger partial charge in [0.2, 0.25) is 0 Å². The zero-order chi connectivity index (χ0) is 34.3. The molecule has 4 aromatic rings. The number of benzene rings is 3. The van der Waals surface area contributed by atoms with Crippen molar-refractivity contribution in [2.24, 2.45) is 0 Å². The zero-order valence-electron chi connectivity index (χ0n) is 32.0. The summed E-state index contributed by atoms with van der Waals surface area (Å²) in [5, 5.41) is 2.37. The summed E-state index contributed by atoms with van der Waals surface area (Å²) in [5.74, 6) is 1.99. The van der Waals surface area contributed by atoms with Crippen molar-refractivity contribution < 1.29 is 4.42 Å². The van der Waals surface area contributed by atoms with Crippen molar-refractivity contribution in [1.29, 1.82) is 0 Å². The molecule has 1 heteroatoms. The van der Waals surface area contributed by atoms with Gasteiger partial charge in [0, 0.05) is 21.9 Å². The number of fused-ring (bicyclic) bond motifs is 1. The summed E-state index contributed by atoms with van der Waals surface area (Å²) in [6.45, 7) is 42.1. The third-order valence-corrected chi connectivity index (χ3v) is 9.32. The van der Waals surface area contributed by atoms with E-state index in [1.807, 2.05) is 0 Å². The first-order chi connectivity index (χ1) is 20.1. The Morgan fingerprint density at radius 1 is 0.356 bits per heavy atom. The number of hydrogen-bond acceptors (Lipinski definition) is 1. The molecular weight excluding hydrogens is 544 g/mol. The highest BCUT2D eigenvalue weighted by atomic mass is 16.3. The van der Waals surface area contributed by atoms with Crippen LogP contribution >= 0.6 is 0 Å². The number of furan rings is 1. The third-order valence-electron chi connectivity index (χ3n) is 9.32. The van der Waals surface area contributed by atoms with Crippen LogP contribution in [0.4, 0.5) is 0 Å². The van der Waals surface area contributed by atoms with Crippen LogP contribution in [0.5, 0.6) is 0 Å². The smallest absolute Gasteiger partial charge is 0.143 e. The molecule has 0 saturated carbocycles. The summed E-state index contributed by atoms with van der Waals surface area (Å²) < 4.78 is 7.43. The van der Waals surface area contributed by atoms with E-state index in [-0.39, 0.29) is 32.5 Å². The van der Waals surface area contributed by atoms with Crippen LogP contribution in [0, 0.1) is 0 Å². The quantitative estimate of drug-likeness (QED) is 0.221. The molecule has 0 aliphatic carbocycles. The first-order valence-electron chi connectivity index (χ1n) is 17.0. The summed E-state index contributed by atoms with van der Waals surface area (Å²) >= 11 is 0. The predicted molar refractivity (Wildman–Crippen MR) is 199 cm³/mol. The zero-order valence-corrected chi connectivity index (χ0v) is 32.0. The van der Waals surface area contributed by atoms with E-state index in [9.17, 15) is 0 Å². The molecule has 0 fully saturated rings. The van der Waals surface area contributed by atoms with Crippen molar-refractivity contribution in [3.8, 4) is 22.6 Å². The van der Waals surface area contributed by atoms with E-state index in [0.717, 1.165) is 11.5 Å². The van der Waals surface area contributed by atoms with Gasteiger partial charge in [0.1, 0.15) is 11.5 Å². The third kappa shape index (κ3) is 6.84. The lowest BCUT2D eigenvalue weighted by Crippen LogP contribution is -2.23. The van der Waals surface area contributed by atoms with E-state index < -0.39 is 0 Å². The van der Waals surface area contributed by atoms with Crippen LogP contribution in [0.25, 0.3) is 33.4 Å². The van der Waals surface area contributed by atoms with Gasteiger partial charge in [0.15, 0.2) is 0 Å². The van der Waals surface area contributed by atoms with E-state index in [0.29, 0.717) is 0 Å². The van der Waals surface area contributed by atoms with Gasteiger partial charge in [-0.15, -0.1) is 0 Å². The molecule has 0 atom stereocenters. The van der Waals surface area contributed by atoms with Crippen LogP contribution in [0.3, 0.4) is 0 Å². The molecule has 0 unspecified atom stereocenters. The number of hydrogen-bond donors (Lipinski definition) is 0. The lowest BCUT2D eigenvalue weighted by molar-refractivity contribution is 0.534. The average molecular weight is 607 g/mol. The molecule has 0 aliphatic heterocycles. The molecule has 4 rings (SSSR count). The van der Waals surface area contributed by atoms with Gasteiger partial charge >= 0.3 is 0 Å². The molecule has 244 valence electrons. The Kier molecular flexibility index (Phi) is 8.48. The second-order valence-electron chi connectivity index (χ2n) is 19.7. The van der Waals surface area contributed by atoms with Crippen molar-refractivity contribution in [2.45, 2.75) is 157 Å². The fourth-order valence-corrected chi connectivity index (χ4v) is 6.47. The highest BCUT2D eigenvalue weighted by molar-refractivity contribution is 6.04. The maximum absolute atomic E-state index is 7.43. The molecule has 0 spiro atoms. The normalized spacial score (nSPS) is 14.0. The van der Waals surface area contributed by atoms with E-state index in [1.165, 1.54) is 55.3 Å². The summed E-state index contributed by atoms with van der Waals surface area (Å²) in [6, 6.07) is 18.7. The molecule has 0 N–H and O–H groups in total. The Balaban J connectivity index is 2.28. The predicted octanol–water partition coefficient (Wildman–Crippen LogP) is 13.6. The average Bonchev–Trinajstić information content (AvgIpc) is 3.23. The fraction of sp³-hybridized carbons (Fsp3) is 0.545. The molecule has 0 aliphatic rings. The summed E-state index contributed by atoms with van der Waals surface area (Å²) in [5.41, 5.74) is 10.4. The number of rotatable bonds is 2. The Morgan fingerprint density at radius 2 is 0.600 bits per heavy atom. The molecule has 1 heterocycles. The first-order valence-corrected chi connectivity index (χ1v) is 17.0. The highest BCUT2D eigenvalue weighted by Crippen LogP contribution is 2.51. The summed E-state index contributed by atoms with van der Waals surface area (Å²) in [6.07, 6.45) is 0. The fourth-order valence-electron chi connectivity index (χ4n) is 6.47. The Morgan fingerprint density at radius 3 is 0.800 bits per heavy atom. The van der Waals surface area contributed by atoms with Gasteiger partial charge in [-0.05, 0) is 65.9 Å². The van der Waals surface area contributed by atoms with Crippen LogP contribution in [-0.4, -0.2) is 0 Å². The van der Waals surface area contributed by atoms with Crippen molar-refractivity contribution in [3.63, 3.8) is 0 Å². The standard InChI is InChI=1S/C44H62O/c1-39(2,3)27-23-31(41(7,8)9)35(32(24-27)42(10,11)12)37-29-21-19-20-22-30(29)38(45-37)36-33(43(13,14)15)25-28(40(4,5)6)26-34(36)44(16,17)18/h19-26H,1-18H3. The van der Waals surface area contributed by atoms with Gasteiger partial charge in [0.05, 0.1) is 0 Å². The SMILES string of the molecule is CC(C)(C)c1cc(C(C)(C)C)c(-c2oc(-c3c(C(C)(C)C)cc(C(C)(C)C)cc3C(C)(C)C)c3ccccc23)c(C(C)(C)C)c1. The van der Waals surface area contributed by atoms with Crippen molar-refractivity contribution >= 4 is 10.8 Å². The molecule has 0 radical (unpaired) electrons. The lowest BCUT2D eigenvalue weighted by atomic mass is 9.71. The second kappa shape index (κ2) is 10.9. The molecule has 0 saturated heterocycles. The molecule has 1 nitrogen and oxygen atoms in total. The summed E-state index contributed by atoms with van der Waals surface area (Å²) in [7, 11) is 0. The van der Waals surface area contributed by atoms with Crippen LogP contribution in [0.1, 0.15) is 158 Å². The minimum absolute atomic E-state index is 0.0347. The maximum Gasteiger partial charge on any atom is 0.143 e. The molecule has 45 heavy (non-hydrogen) atoms. The minimum Gasteiger partial charge on any atom is -0.455 e. The van der Waals surface area contributed by atoms with Crippen LogP contribution in [0.2, 0.25) is 0 Å². The monoisotopic (exact) mass is 606 g/mol. The van der Waals surface area contributed by atoms with Gasteiger partial charge in [-0.3, -0.25) is 0 Å². The minimum atomic E-state index is -0.0772. The van der Waals surface area contributed by atoms with Crippen LogP contribution < -0.4 is 0 Å². The van der Waals surface area contributed by atoms with Crippen molar-refractivity contribution in [1.82, 2.24) is 0 Å². The van der Waals surface area contributed by atoms with Gasteiger partial charge < -0.3 is 4.42 Å². The van der Waals surface area contributed by atoms with Gasteiger partial charge in [-0.1, -0.05) is 173 Å². The topological polar surface area (TPSA) is 13.1 Å². The Hall–Kier alpha value is -2.80. The van der Waals surface area contributed by atoms with Gasteiger partial charge in [-0.2, -0.15) is 0 Å². The van der Waals surface area contributed by atoms with Gasteiger partial charge in [0.25, 0.3) is 0 Å². The Bertz CT molecular complexity index is 1510. The van der Waals surface area contributed by atoms with E-state index in [2.05, 4.69) is 173 Å². The Labute approximate surface area is 276 Å².